The molecule has 1 aliphatic rings. The van der Waals surface area contributed by atoms with Crippen molar-refractivity contribution in [2.75, 3.05) is 19.6 Å². The van der Waals surface area contributed by atoms with Crippen LogP contribution in [0.5, 0.6) is 46.0 Å². The molecule has 9 rings (SSSR count). The Morgan fingerprint density at radius 1 is 0.530 bits per heavy atom. The number of carbonyl (C=O) groups excluding carboxylic acids is 5. The SMILES string of the molecule is CC(C)Cc1nc2cc(N=Cc3cc(O)ccc3O)c(N=Cc3cc(O)ccc3O)cc2[nH]c1=O.CCN.CCNC(=O)CCC(=O)O.CCNC(=O)CCC(=O)Oc1ccc(O)c(C=Nc2cc3nc(CC(C)C)c(=O)[nH]c3cc2N=Cc2cc(O)ccc2O)c1.O=C1CCCC(=O)O1. The highest BCUT2D eigenvalue weighted by Gasteiger charge is 2.18. The summed E-state index contributed by atoms with van der Waals surface area (Å²) in [5.41, 5.74) is 9.23. The summed E-state index contributed by atoms with van der Waals surface area (Å²) < 4.78 is 9.54. The average molecular weight is 1380 g/mol. The zero-order valence-corrected chi connectivity index (χ0v) is 56.1. The summed E-state index contributed by atoms with van der Waals surface area (Å²) in [7, 11) is 0. The number of phenolic OH excluding ortho intramolecular Hbond substituents is 7. The fourth-order valence-electron chi connectivity index (χ4n) is 8.75. The highest BCUT2D eigenvalue weighted by molar-refractivity contribution is 5.96. The smallest absolute Gasteiger partial charge is 0.313 e. The summed E-state index contributed by atoms with van der Waals surface area (Å²) in [4.78, 5) is 123. The first-order chi connectivity index (χ1) is 47.6. The Morgan fingerprint density at radius 2 is 0.880 bits per heavy atom. The third-order valence-corrected chi connectivity index (χ3v) is 13.4. The molecule has 29 nitrogen and oxygen atoms in total. The standard InChI is InChI=1S/C32H33N5O7.C26H24N4O5.C6H11NO3.C5H6O3.C2H7N/c1-4-33-30(41)9-10-31(42)44-22-6-8-29(40)20(13-22)17-35-23-14-25-26(37-32(43)27(36-25)11-18(2)3)15-24(23)34-16-19-12-21(38)5-7-28(19)39;1-14(2)7-23-26(35)30-22-11-20(28-13-16-9-18(32)4-6-25(16)34)19(10-21(22)29-23)27-12-15-8-17(31)3-5-24(15)33;1-2-7-5(8)3-4-6(9)10;6-4-2-1-3-5(7)8-4;1-2-3/h5-8,12-18,38-40H,4,9-11H2,1-3H3,(H,33,41)(H,37,43);3-6,8-14,31-34H,7H2,1-2H3,(H,30,35);2-4H2,1H3,(H,7,8)(H,9,10);1-3H2;2-3H2,1H3. The van der Waals surface area contributed by atoms with Crippen molar-refractivity contribution in [3.05, 3.63) is 151 Å². The lowest BCUT2D eigenvalue weighted by Crippen LogP contribution is -2.23. The van der Waals surface area contributed by atoms with Crippen LogP contribution < -0.4 is 32.2 Å². The van der Waals surface area contributed by atoms with Gasteiger partial charge in [-0.2, -0.15) is 0 Å². The number of carboxylic acids is 1. The third kappa shape index (κ3) is 26.1. The first-order valence-corrected chi connectivity index (χ1v) is 31.7. The highest BCUT2D eigenvalue weighted by atomic mass is 16.6. The summed E-state index contributed by atoms with van der Waals surface area (Å²) in [5.74, 6) is -2.69. The Bertz CT molecular complexity index is 4450. The highest BCUT2D eigenvalue weighted by Crippen LogP contribution is 2.35. The number of benzene rings is 6. The van der Waals surface area contributed by atoms with Crippen molar-refractivity contribution in [3.63, 3.8) is 0 Å². The topological polar surface area (TPSA) is 474 Å². The number of cyclic esters (lactones) is 2. The maximum atomic E-state index is 12.7. The first-order valence-electron chi connectivity index (χ1n) is 31.7. The molecule has 29 heteroatoms. The summed E-state index contributed by atoms with van der Waals surface area (Å²) >= 11 is 0. The van der Waals surface area contributed by atoms with Crippen molar-refractivity contribution in [1.82, 2.24) is 30.6 Å². The molecular formula is C71H81N11O18. The number of ether oxygens (including phenoxy) is 2. The molecule has 3 heterocycles. The van der Waals surface area contributed by atoms with Crippen molar-refractivity contribution in [2.45, 2.75) is 106 Å². The Morgan fingerprint density at radius 3 is 1.22 bits per heavy atom. The second-order valence-corrected chi connectivity index (χ2v) is 22.8. The minimum atomic E-state index is -0.939. The number of amides is 2. The second kappa shape index (κ2) is 39.2. The van der Waals surface area contributed by atoms with Gasteiger partial charge in [-0.15, -0.1) is 0 Å². The molecule has 0 radical (unpaired) electrons. The molecule has 14 N–H and O–H groups in total. The van der Waals surface area contributed by atoms with Gasteiger partial charge in [0.25, 0.3) is 11.1 Å². The van der Waals surface area contributed by atoms with Gasteiger partial charge >= 0.3 is 23.9 Å². The molecule has 8 aromatic rings. The number of nitrogens with zero attached hydrogens (tertiary/aromatic N) is 6. The van der Waals surface area contributed by atoms with Crippen LogP contribution in [0.3, 0.4) is 0 Å². The van der Waals surface area contributed by atoms with Gasteiger partial charge in [-0.25, -0.2) is 9.97 Å². The Labute approximate surface area is 573 Å². The third-order valence-electron chi connectivity index (χ3n) is 13.4. The van der Waals surface area contributed by atoms with Crippen LogP contribution in [0.2, 0.25) is 0 Å². The Kier molecular flexibility index (Phi) is 30.8. The number of aliphatic imine (C=N–C) groups is 4. The van der Waals surface area contributed by atoms with Gasteiger partial charge in [0.2, 0.25) is 11.8 Å². The number of nitrogens with one attached hydrogen (secondary N) is 4. The van der Waals surface area contributed by atoms with E-state index in [1.165, 1.54) is 97.7 Å². The molecule has 2 amide bonds. The van der Waals surface area contributed by atoms with Crippen LogP contribution in [0, 0.1) is 11.8 Å². The van der Waals surface area contributed by atoms with Gasteiger partial charge in [-0.05, 0) is 149 Å². The molecule has 1 fully saturated rings. The van der Waals surface area contributed by atoms with Gasteiger partial charge in [0, 0.05) is 85.9 Å². The van der Waals surface area contributed by atoms with E-state index in [0.717, 1.165) is 6.54 Å². The minimum Gasteiger partial charge on any atom is -0.508 e. The van der Waals surface area contributed by atoms with Crippen molar-refractivity contribution in [2.24, 2.45) is 37.5 Å². The quantitative estimate of drug-likeness (QED) is 0.0105. The molecule has 0 spiro atoms. The van der Waals surface area contributed by atoms with Crippen LogP contribution in [-0.2, 0) is 46.3 Å². The fourth-order valence-corrected chi connectivity index (χ4v) is 8.75. The fraction of sp³-hybridized carbons (Fsp3) is 0.296. The van der Waals surface area contributed by atoms with Crippen molar-refractivity contribution in [3.8, 4) is 46.0 Å². The Hall–Kier alpha value is -12.1. The molecule has 0 bridgehead atoms. The first kappa shape index (κ1) is 78.6. The summed E-state index contributed by atoms with van der Waals surface area (Å²) in [5, 5.41) is 83.3. The molecule has 0 saturated carbocycles. The zero-order chi connectivity index (χ0) is 73.6. The average Bonchev–Trinajstić information content (AvgIpc) is 0.798. The molecule has 0 unspecified atom stereocenters. The van der Waals surface area contributed by atoms with E-state index in [1.807, 2.05) is 34.6 Å². The van der Waals surface area contributed by atoms with E-state index in [-0.39, 0.29) is 141 Å². The molecular weight excluding hydrogens is 1290 g/mol. The van der Waals surface area contributed by atoms with E-state index in [9.17, 15) is 74.1 Å². The van der Waals surface area contributed by atoms with E-state index in [4.69, 9.17) is 15.6 Å². The number of nitrogens with two attached hydrogens (primary N) is 1. The number of aromatic hydroxyl groups is 7. The number of esters is 3. The van der Waals surface area contributed by atoms with E-state index in [1.54, 1.807) is 38.1 Å². The monoisotopic (exact) mass is 1380 g/mol. The lowest BCUT2D eigenvalue weighted by atomic mass is 10.1. The number of fused-ring (bicyclic) bond motifs is 2. The number of rotatable bonds is 21. The maximum Gasteiger partial charge on any atom is 0.313 e. The molecule has 1 saturated heterocycles. The normalized spacial score (nSPS) is 11.9. The number of aromatic amines is 2. The Balaban J connectivity index is 0.000000283. The van der Waals surface area contributed by atoms with Crippen molar-refractivity contribution in [1.29, 1.82) is 0 Å². The van der Waals surface area contributed by atoms with Crippen LogP contribution in [-0.4, -0.2) is 141 Å². The lowest BCUT2D eigenvalue weighted by Gasteiger charge is -2.08. The number of hydrogen-bond donors (Lipinski definition) is 13. The number of hydrogen-bond acceptors (Lipinski definition) is 24. The predicted molar refractivity (Wildman–Crippen MR) is 377 cm³/mol. The molecule has 100 heavy (non-hydrogen) atoms. The molecule has 0 aliphatic carbocycles. The number of carboxylic acid groups (broad SMARTS) is 1. The maximum absolute atomic E-state index is 12.7. The van der Waals surface area contributed by atoms with Crippen LogP contribution >= 0.6 is 0 Å². The van der Waals surface area contributed by atoms with Gasteiger partial charge in [0.1, 0.15) is 57.4 Å². The van der Waals surface area contributed by atoms with E-state index < -0.39 is 11.9 Å². The molecule has 1 aliphatic heterocycles. The van der Waals surface area contributed by atoms with E-state index in [0.29, 0.717) is 101 Å². The minimum absolute atomic E-state index is 0.0110. The summed E-state index contributed by atoms with van der Waals surface area (Å²) in [6.07, 6.45) is 7.72. The van der Waals surface area contributed by atoms with Gasteiger partial charge in [-0.3, -0.25) is 58.3 Å². The largest absolute Gasteiger partial charge is 0.508 e. The number of carbonyl (C=O) groups is 6. The number of aliphatic carboxylic acids is 1. The van der Waals surface area contributed by atoms with Crippen LogP contribution in [0.15, 0.2) is 127 Å². The number of aromatic nitrogens is 4. The molecule has 0 atom stereocenters. The summed E-state index contributed by atoms with van der Waals surface area (Å²) in [6.45, 7) is 15.2. The van der Waals surface area contributed by atoms with E-state index >= 15 is 0 Å². The van der Waals surface area contributed by atoms with Gasteiger partial charge in [-0.1, -0.05) is 34.6 Å². The van der Waals surface area contributed by atoms with Crippen LogP contribution in [0.1, 0.15) is 127 Å². The van der Waals surface area contributed by atoms with Crippen molar-refractivity contribution < 1.29 is 79.1 Å². The zero-order valence-electron chi connectivity index (χ0n) is 56.1. The number of H-pyrrole nitrogens is 2. The summed E-state index contributed by atoms with van der Waals surface area (Å²) in [6, 6.07) is 22.8. The predicted octanol–water partition coefficient (Wildman–Crippen LogP) is 9.20. The molecule has 2 aromatic heterocycles. The van der Waals surface area contributed by atoms with Gasteiger partial charge < -0.3 is 76.7 Å². The second-order valence-electron chi connectivity index (χ2n) is 22.8. The van der Waals surface area contributed by atoms with Crippen molar-refractivity contribution >= 4 is 105 Å². The molecule has 528 valence electrons. The van der Waals surface area contributed by atoms with Gasteiger partial charge in [0.15, 0.2) is 0 Å². The molecule has 6 aromatic carbocycles. The lowest BCUT2D eigenvalue weighted by molar-refractivity contribution is -0.163. The van der Waals surface area contributed by atoms with Crippen LogP contribution in [0.4, 0.5) is 22.7 Å². The number of phenols is 7. The van der Waals surface area contributed by atoms with Gasteiger partial charge in [0.05, 0.1) is 57.7 Å². The van der Waals surface area contributed by atoms with E-state index in [2.05, 4.69) is 55.3 Å². The van der Waals surface area contributed by atoms with Crippen LogP contribution in [0.25, 0.3) is 22.1 Å².